The molecule has 2 saturated carbocycles. The molecule has 20 heavy (non-hydrogen) atoms. The fraction of sp³-hybridized carbons (Fsp3) is 0.588. The van der Waals surface area contributed by atoms with Gasteiger partial charge in [-0.1, -0.05) is 6.42 Å². The number of halogens is 1. The van der Waals surface area contributed by atoms with Crippen LogP contribution in [0, 0.1) is 34.9 Å². The van der Waals surface area contributed by atoms with Gasteiger partial charge in [0.1, 0.15) is 5.82 Å². The Morgan fingerprint density at radius 3 is 2.85 bits per heavy atom. The van der Waals surface area contributed by atoms with E-state index in [1.807, 2.05) is 0 Å². The summed E-state index contributed by atoms with van der Waals surface area (Å²) in [6.45, 7) is 1.73. The van der Waals surface area contributed by atoms with Gasteiger partial charge >= 0.3 is 0 Å². The number of nitrogens with zero attached hydrogens (tertiary/aromatic N) is 2. The first-order chi connectivity index (χ1) is 9.65. The SMILES string of the molecule is CN(Cc1cc(F)ccc1C#N)CC1CC2CCC1C2. The lowest BCUT2D eigenvalue weighted by molar-refractivity contribution is 0.214. The highest BCUT2D eigenvalue weighted by atomic mass is 19.1. The molecular formula is C17H21FN2. The number of nitriles is 1. The number of hydrogen-bond donors (Lipinski definition) is 0. The molecule has 0 saturated heterocycles. The van der Waals surface area contributed by atoms with Gasteiger partial charge in [-0.15, -0.1) is 0 Å². The summed E-state index contributed by atoms with van der Waals surface area (Å²) in [5.41, 5.74) is 1.39. The molecule has 2 fully saturated rings. The molecule has 2 aliphatic rings. The third kappa shape index (κ3) is 2.71. The molecule has 0 radical (unpaired) electrons. The lowest BCUT2D eigenvalue weighted by atomic mass is 9.88. The van der Waals surface area contributed by atoms with Crippen LogP contribution in [0.1, 0.15) is 36.8 Å². The van der Waals surface area contributed by atoms with Crippen molar-refractivity contribution in [1.82, 2.24) is 4.90 Å². The van der Waals surface area contributed by atoms with Crippen LogP contribution in [0.2, 0.25) is 0 Å². The molecule has 0 spiro atoms. The van der Waals surface area contributed by atoms with E-state index in [0.29, 0.717) is 12.1 Å². The average molecular weight is 272 g/mol. The maximum absolute atomic E-state index is 13.3. The van der Waals surface area contributed by atoms with E-state index in [0.717, 1.165) is 29.9 Å². The largest absolute Gasteiger partial charge is 0.302 e. The monoisotopic (exact) mass is 272 g/mol. The van der Waals surface area contributed by atoms with Gasteiger partial charge in [0.05, 0.1) is 11.6 Å². The van der Waals surface area contributed by atoms with Gasteiger partial charge in [-0.3, -0.25) is 0 Å². The fourth-order valence-corrected chi connectivity index (χ4v) is 4.16. The molecule has 2 aliphatic carbocycles. The van der Waals surface area contributed by atoms with Crippen LogP contribution in [0.3, 0.4) is 0 Å². The van der Waals surface area contributed by atoms with Gasteiger partial charge in [0.2, 0.25) is 0 Å². The van der Waals surface area contributed by atoms with Gasteiger partial charge < -0.3 is 4.90 Å². The van der Waals surface area contributed by atoms with E-state index in [-0.39, 0.29) is 5.82 Å². The fourth-order valence-electron chi connectivity index (χ4n) is 4.16. The number of fused-ring (bicyclic) bond motifs is 2. The zero-order chi connectivity index (χ0) is 14.1. The minimum Gasteiger partial charge on any atom is -0.302 e. The van der Waals surface area contributed by atoms with Crippen molar-refractivity contribution in [2.75, 3.05) is 13.6 Å². The van der Waals surface area contributed by atoms with Gasteiger partial charge in [0.25, 0.3) is 0 Å². The minimum atomic E-state index is -0.257. The topological polar surface area (TPSA) is 27.0 Å². The molecule has 0 amide bonds. The lowest BCUT2D eigenvalue weighted by Crippen LogP contribution is -2.28. The third-order valence-corrected chi connectivity index (χ3v) is 5.06. The summed E-state index contributed by atoms with van der Waals surface area (Å²) < 4.78 is 13.3. The summed E-state index contributed by atoms with van der Waals surface area (Å²) in [4.78, 5) is 2.25. The zero-order valence-corrected chi connectivity index (χ0v) is 12.0. The molecule has 1 aromatic carbocycles. The molecule has 0 N–H and O–H groups in total. The summed E-state index contributed by atoms with van der Waals surface area (Å²) in [6.07, 6.45) is 5.60. The van der Waals surface area contributed by atoms with Crippen molar-refractivity contribution in [2.24, 2.45) is 17.8 Å². The molecule has 0 heterocycles. The first-order valence-electron chi connectivity index (χ1n) is 7.52. The highest BCUT2D eigenvalue weighted by Gasteiger charge is 2.39. The highest BCUT2D eigenvalue weighted by Crippen LogP contribution is 2.48. The smallest absolute Gasteiger partial charge is 0.123 e. The zero-order valence-electron chi connectivity index (χ0n) is 12.0. The lowest BCUT2D eigenvalue weighted by Gasteiger charge is -2.27. The summed E-state index contributed by atoms with van der Waals surface area (Å²) >= 11 is 0. The van der Waals surface area contributed by atoms with Crippen molar-refractivity contribution >= 4 is 0 Å². The molecular weight excluding hydrogens is 251 g/mol. The van der Waals surface area contributed by atoms with Crippen molar-refractivity contribution < 1.29 is 4.39 Å². The predicted octanol–water partition coefficient (Wildman–Crippen LogP) is 3.57. The Hall–Kier alpha value is -1.40. The molecule has 3 atom stereocenters. The summed E-state index contributed by atoms with van der Waals surface area (Å²) in [5, 5.41) is 9.10. The Bertz CT molecular complexity index is 534. The molecule has 3 heteroatoms. The van der Waals surface area contributed by atoms with Crippen LogP contribution >= 0.6 is 0 Å². The van der Waals surface area contributed by atoms with E-state index in [2.05, 4.69) is 18.0 Å². The Balaban J connectivity index is 1.63. The molecule has 106 valence electrons. The summed E-state index contributed by atoms with van der Waals surface area (Å²) in [6, 6.07) is 6.59. The molecule has 3 unspecified atom stereocenters. The third-order valence-electron chi connectivity index (χ3n) is 5.06. The first kappa shape index (κ1) is 13.6. The molecule has 2 bridgehead atoms. The maximum Gasteiger partial charge on any atom is 0.123 e. The van der Waals surface area contributed by atoms with Crippen LogP contribution in [0.4, 0.5) is 4.39 Å². The second kappa shape index (κ2) is 5.54. The number of hydrogen-bond acceptors (Lipinski definition) is 2. The standard InChI is InChI=1S/C17H21FN2/c1-20(10-15-7-12-2-3-13(15)6-12)11-16-8-17(18)5-4-14(16)9-19/h4-5,8,12-13,15H,2-3,6-7,10-11H2,1H3. The first-order valence-corrected chi connectivity index (χ1v) is 7.52. The Kier molecular flexibility index (Phi) is 3.76. The average Bonchev–Trinajstić information content (AvgIpc) is 3.01. The molecule has 0 aliphatic heterocycles. The molecule has 3 rings (SSSR count). The molecule has 2 nitrogen and oxygen atoms in total. The second-order valence-corrected chi connectivity index (χ2v) is 6.54. The van der Waals surface area contributed by atoms with Crippen molar-refractivity contribution in [2.45, 2.75) is 32.2 Å². The van der Waals surface area contributed by atoms with E-state index < -0.39 is 0 Å². The van der Waals surface area contributed by atoms with Gasteiger partial charge in [0, 0.05) is 13.1 Å². The van der Waals surface area contributed by atoms with Crippen LogP contribution in [0.25, 0.3) is 0 Å². The van der Waals surface area contributed by atoms with E-state index in [1.165, 1.54) is 37.8 Å². The van der Waals surface area contributed by atoms with E-state index in [9.17, 15) is 4.39 Å². The maximum atomic E-state index is 13.3. The van der Waals surface area contributed by atoms with Crippen LogP contribution in [-0.2, 0) is 6.54 Å². The van der Waals surface area contributed by atoms with Crippen molar-refractivity contribution in [3.63, 3.8) is 0 Å². The predicted molar refractivity (Wildman–Crippen MR) is 76.4 cm³/mol. The highest BCUT2D eigenvalue weighted by molar-refractivity contribution is 5.37. The van der Waals surface area contributed by atoms with E-state index in [4.69, 9.17) is 5.26 Å². The van der Waals surface area contributed by atoms with Crippen LogP contribution in [0.15, 0.2) is 18.2 Å². The molecule has 1 aromatic rings. The van der Waals surface area contributed by atoms with Crippen LogP contribution in [-0.4, -0.2) is 18.5 Å². The molecule has 0 aromatic heterocycles. The normalized spacial score (nSPS) is 28.0. The van der Waals surface area contributed by atoms with Crippen molar-refractivity contribution in [1.29, 1.82) is 5.26 Å². The van der Waals surface area contributed by atoms with Gasteiger partial charge in [0.15, 0.2) is 0 Å². The Labute approximate surface area is 120 Å². The van der Waals surface area contributed by atoms with Crippen LogP contribution in [0.5, 0.6) is 0 Å². The van der Waals surface area contributed by atoms with Gasteiger partial charge in [-0.05, 0) is 67.8 Å². The quantitative estimate of drug-likeness (QED) is 0.838. The number of rotatable bonds is 4. The summed E-state index contributed by atoms with van der Waals surface area (Å²) in [5.74, 6) is 2.41. The summed E-state index contributed by atoms with van der Waals surface area (Å²) in [7, 11) is 2.08. The van der Waals surface area contributed by atoms with E-state index >= 15 is 0 Å². The number of benzene rings is 1. The van der Waals surface area contributed by atoms with Crippen molar-refractivity contribution in [3.8, 4) is 6.07 Å². The van der Waals surface area contributed by atoms with Gasteiger partial charge in [-0.25, -0.2) is 4.39 Å². The van der Waals surface area contributed by atoms with Crippen molar-refractivity contribution in [3.05, 3.63) is 35.1 Å². The van der Waals surface area contributed by atoms with E-state index in [1.54, 1.807) is 6.07 Å². The van der Waals surface area contributed by atoms with Gasteiger partial charge in [-0.2, -0.15) is 5.26 Å². The second-order valence-electron chi connectivity index (χ2n) is 6.54. The minimum absolute atomic E-state index is 0.257. The Morgan fingerprint density at radius 2 is 2.20 bits per heavy atom. The Morgan fingerprint density at radius 1 is 1.35 bits per heavy atom. The van der Waals surface area contributed by atoms with Crippen LogP contribution < -0.4 is 0 Å².